The molecule has 3 unspecified atom stereocenters. The van der Waals surface area contributed by atoms with Crippen LogP contribution >= 0.6 is 0 Å². The molecular weight excluding hydrogens is 320 g/mol. The van der Waals surface area contributed by atoms with Crippen molar-refractivity contribution in [2.45, 2.75) is 24.4 Å². The third-order valence-electron chi connectivity index (χ3n) is 5.13. The number of nitrogens with one attached hydrogen (secondary N) is 1. The van der Waals surface area contributed by atoms with E-state index in [2.05, 4.69) is 59.0 Å². The van der Waals surface area contributed by atoms with Gasteiger partial charge in [-0.05, 0) is 16.7 Å². The average Bonchev–Trinajstić information content (AvgIpc) is 2.74. The first-order valence-corrected chi connectivity index (χ1v) is 8.98. The number of benzene rings is 3. The molecule has 3 atom stereocenters. The van der Waals surface area contributed by atoms with Crippen LogP contribution in [0.2, 0.25) is 0 Å². The fourth-order valence-electron chi connectivity index (χ4n) is 3.90. The molecule has 3 nitrogen and oxygen atoms in total. The van der Waals surface area contributed by atoms with Gasteiger partial charge in [0.05, 0.1) is 5.71 Å². The summed E-state index contributed by atoms with van der Waals surface area (Å²) in [6, 6.07) is 31.2. The van der Waals surface area contributed by atoms with E-state index < -0.39 is 0 Å². The summed E-state index contributed by atoms with van der Waals surface area (Å²) in [6.45, 7) is 0. The van der Waals surface area contributed by atoms with Crippen LogP contribution in [-0.2, 0) is 0 Å². The first-order chi connectivity index (χ1) is 12.9. The van der Waals surface area contributed by atoms with E-state index in [1.807, 2.05) is 42.5 Å². The highest BCUT2D eigenvalue weighted by Gasteiger charge is 2.37. The number of hydrogen-bond acceptors (Lipinski definition) is 3. The van der Waals surface area contributed by atoms with Crippen molar-refractivity contribution in [1.29, 1.82) is 0 Å². The molecule has 0 aliphatic carbocycles. The molecule has 3 aromatic rings. The second-order valence-corrected chi connectivity index (χ2v) is 6.70. The maximum Gasteiger partial charge on any atom is 0.0683 e. The van der Waals surface area contributed by atoms with Crippen molar-refractivity contribution in [2.24, 2.45) is 5.16 Å². The summed E-state index contributed by atoms with van der Waals surface area (Å²) in [4.78, 5) is 0. The predicted octanol–water partition coefficient (Wildman–Crippen LogP) is 5.08. The maximum absolute atomic E-state index is 9.81. The van der Waals surface area contributed by atoms with Crippen LogP contribution in [-0.4, -0.2) is 10.9 Å². The molecule has 3 aromatic carbocycles. The van der Waals surface area contributed by atoms with E-state index in [-0.39, 0.29) is 18.0 Å². The van der Waals surface area contributed by atoms with Crippen LogP contribution in [0.4, 0.5) is 0 Å². The molecule has 3 heteroatoms. The fourth-order valence-corrected chi connectivity index (χ4v) is 3.90. The lowest BCUT2D eigenvalue weighted by Gasteiger charge is -2.39. The van der Waals surface area contributed by atoms with Gasteiger partial charge in [0.2, 0.25) is 0 Å². The molecule has 0 spiro atoms. The molecule has 1 aliphatic heterocycles. The molecule has 0 radical (unpaired) electrons. The van der Waals surface area contributed by atoms with E-state index in [9.17, 15) is 5.21 Å². The van der Waals surface area contributed by atoms with Crippen LogP contribution in [0.15, 0.2) is 96.2 Å². The molecule has 1 heterocycles. The van der Waals surface area contributed by atoms with Gasteiger partial charge < -0.3 is 10.5 Å². The third-order valence-corrected chi connectivity index (χ3v) is 5.13. The standard InChI is InChI=1S/C23H22N2O/c26-25-21-16-20(17-10-4-1-5-11-17)24-23(19-14-8-3-9-15-19)22(21)18-12-6-2-7-13-18/h1-15,20,22-24,26H,16H2. The number of piperidine rings is 1. The quantitative estimate of drug-likeness (QED) is 0.515. The summed E-state index contributed by atoms with van der Waals surface area (Å²) in [7, 11) is 0. The van der Waals surface area contributed by atoms with Gasteiger partial charge in [0.1, 0.15) is 0 Å². The second-order valence-electron chi connectivity index (χ2n) is 6.70. The molecule has 26 heavy (non-hydrogen) atoms. The lowest BCUT2D eigenvalue weighted by atomic mass is 9.77. The van der Waals surface area contributed by atoms with Crippen LogP contribution in [0.5, 0.6) is 0 Å². The molecule has 0 saturated carbocycles. The summed E-state index contributed by atoms with van der Waals surface area (Å²) in [5.74, 6) is 0.00330. The Morgan fingerprint density at radius 3 is 1.73 bits per heavy atom. The number of nitrogens with zero attached hydrogens (tertiary/aromatic N) is 1. The number of rotatable bonds is 3. The molecule has 0 aromatic heterocycles. The van der Waals surface area contributed by atoms with Gasteiger partial charge in [-0.15, -0.1) is 0 Å². The summed E-state index contributed by atoms with van der Waals surface area (Å²) < 4.78 is 0. The minimum atomic E-state index is 0.00330. The van der Waals surface area contributed by atoms with Crippen molar-refractivity contribution in [3.63, 3.8) is 0 Å². The Labute approximate surface area is 154 Å². The van der Waals surface area contributed by atoms with Crippen molar-refractivity contribution in [3.05, 3.63) is 108 Å². The Kier molecular flexibility index (Phi) is 4.80. The van der Waals surface area contributed by atoms with Gasteiger partial charge in [-0.1, -0.05) is 96.2 Å². The first kappa shape index (κ1) is 16.6. The zero-order valence-corrected chi connectivity index (χ0v) is 14.5. The van der Waals surface area contributed by atoms with Crippen molar-refractivity contribution >= 4 is 5.71 Å². The molecule has 1 aliphatic rings. The van der Waals surface area contributed by atoms with Crippen molar-refractivity contribution in [2.75, 3.05) is 0 Å². The third kappa shape index (κ3) is 3.26. The summed E-state index contributed by atoms with van der Waals surface area (Å²) in [5.41, 5.74) is 4.38. The number of oxime groups is 1. The molecule has 0 bridgehead atoms. The van der Waals surface area contributed by atoms with Crippen LogP contribution < -0.4 is 5.32 Å². The Hall–Kier alpha value is -2.91. The van der Waals surface area contributed by atoms with Gasteiger partial charge in [0.25, 0.3) is 0 Å². The van der Waals surface area contributed by atoms with E-state index in [0.29, 0.717) is 6.42 Å². The van der Waals surface area contributed by atoms with Gasteiger partial charge in [0, 0.05) is 24.4 Å². The smallest absolute Gasteiger partial charge is 0.0683 e. The van der Waals surface area contributed by atoms with Gasteiger partial charge in [0.15, 0.2) is 0 Å². The summed E-state index contributed by atoms with van der Waals surface area (Å²) in [5, 5.41) is 17.4. The van der Waals surface area contributed by atoms with Crippen LogP contribution in [0, 0.1) is 0 Å². The molecule has 1 saturated heterocycles. The summed E-state index contributed by atoms with van der Waals surface area (Å²) in [6.07, 6.45) is 0.684. The van der Waals surface area contributed by atoms with E-state index in [1.54, 1.807) is 0 Å². The van der Waals surface area contributed by atoms with E-state index >= 15 is 0 Å². The van der Waals surface area contributed by atoms with Gasteiger partial charge in [-0.25, -0.2) is 0 Å². The molecule has 1 fully saturated rings. The minimum Gasteiger partial charge on any atom is -0.411 e. The lowest BCUT2D eigenvalue weighted by molar-refractivity contribution is 0.302. The molecule has 2 N–H and O–H groups in total. The van der Waals surface area contributed by atoms with Crippen molar-refractivity contribution in [3.8, 4) is 0 Å². The normalized spacial score (nSPS) is 24.5. The van der Waals surface area contributed by atoms with Crippen LogP contribution in [0.1, 0.15) is 41.1 Å². The SMILES string of the molecule is ON=C1CC(c2ccccc2)NC(c2ccccc2)C1c1ccccc1. The average molecular weight is 342 g/mol. The molecule has 0 amide bonds. The highest BCUT2D eigenvalue weighted by atomic mass is 16.4. The van der Waals surface area contributed by atoms with E-state index in [0.717, 1.165) is 11.3 Å². The van der Waals surface area contributed by atoms with E-state index in [1.165, 1.54) is 11.1 Å². The largest absolute Gasteiger partial charge is 0.411 e. The van der Waals surface area contributed by atoms with Crippen molar-refractivity contribution in [1.82, 2.24) is 5.32 Å². The topological polar surface area (TPSA) is 44.6 Å². The van der Waals surface area contributed by atoms with Crippen molar-refractivity contribution < 1.29 is 5.21 Å². The van der Waals surface area contributed by atoms with Gasteiger partial charge in [-0.3, -0.25) is 0 Å². The molecule has 130 valence electrons. The Balaban J connectivity index is 1.78. The highest BCUT2D eigenvalue weighted by Crippen LogP contribution is 2.41. The molecular formula is C23H22N2O. The monoisotopic (exact) mass is 342 g/mol. The fraction of sp³-hybridized carbons (Fsp3) is 0.174. The van der Waals surface area contributed by atoms with Crippen LogP contribution in [0.25, 0.3) is 0 Å². The maximum atomic E-state index is 9.81. The zero-order chi connectivity index (χ0) is 17.8. The lowest BCUT2D eigenvalue weighted by Crippen LogP contribution is -2.41. The van der Waals surface area contributed by atoms with E-state index in [4.69, 9.17) is 0 Å². The predicted molar refractivity (Wildman–Crippen MR) is 105 cm³/mol. The Morgan fingerprint density at radius 2 is 1.19 bits per heavy atom. The highest BCUT2D eigenvalue weighted by molar-refractivity contribution is 5.93. The molecule has 4 rings (SSSR count). The second kappa shape index (κ2) is 7.54. The van der Waals surface area contributed by atoms with Crippen LogP contribution in [0.3, 0.4) is 0 Å². The summed E-state index contributed by atoms with van der Waals surface area (Å²) >= 11 is 0. The minimum absolute atomic E-state index is 0.00330. The zero-order valence-electron chi connectivity index (χ0n) is 14.5. The Bertz CT molecular complexity index is 862. The number of hydrogen-bond donors (Lipinski definition) is 2. The Morgan fingerprint density at radius 1 is 0.692 bits per heavy atom. The first-order valence-electron chi connectivity index (χ1n) is 8.98. The van der Waals surface area contributed by atoms with Gasteiger partial charge in [-0.2, -0.15) is 0 Å². The van der Waals surface area contributed by atoms with Gasteiger partial charge >= 0.3 is 0 Å².